The predicted octanol–water partition coefficient (Wildman–Crippen LogP) is 1.83. The molecule has 11 heavy (non-hydrogen) atoms. The Labute approximate surface area is 64.2 Å². The van der Waals surface area contributed by atoms with Crippen LogP contribution >= 0.6 is 11.6 Å². The monoisotopic (exact) mass is 186 g/mol. The summed E-state index contributed by atoms with van der Waals surface area (Å²) in [6.45, 7) is 0. The third-order valence-electron chi connectivity index (χ3n) is 0.794. The molecule has 0 unspecified atom stereocenters. The van der Waals surface area contributed by atoms with Gasteiger partial charge in [0.05, 0.1) is 0 Å². The van der Waals surface area contributed by atoms with Crippen molar-refractivity contribution in [3.8, 4) is 0 Å². The fourth-order valence-electron chi connectivity index (χ4n) is 0.476. The van der Waals surface area contributed by atoms with Crippen molar-refractivity contribution < 1.29 is 17.6 Å². The van der Waals surface area contributed by atoms with Gasteiger partial charge in [-0.2, -0.15) is 13.2 Å². The van der Waals surface area contributed by atoms with E-state index in [-0.39, 0.29) is 5.35 Å². The minimum absolute atomic E-state index is 0.385. The van der Waals surface area contributed by atoms with Gasteiger partial charge >= 0.3 is 11.5 Å². The van der Waals surface area contributed by atoms with Crippen molar-refractivity contribution in [2.75, 3.05) is 0 Å². The van der Waals surface area contributed by atoms with Gasteiger partial charge in [-0.05, 0) is 11.6 Å². The molecule has 1 aromatic rings. The standard InChI is InChI=1S/C4H2ClF3N2O/c5-3-10-9-2(11-3)1-4(6,7)8/h1H2. The molecular formula is C4H2ClF3N2O. The Bertz CT molecular complexity index is 246. The number of nitrogens with zero attached hydrogens (tertiary/aromatic N) is 2. The van der Waals surface area contributed by atoms with Crippen molar-refractivity contribution in [2.45, 2.75) is 12.6 Å². The highest BCUT2D eigenvalue weighted by molar-refractivity contribution is 6.27. The lowest BCUT2D eigenvalue weighted by Gasteiger charge is -1.99. The molecule has 0 aliphatic carbocycles. The van der Waals surface area contributed by atoms with Crippen LogP contribution in [0.1, 0.15) is 5.89 Å². The zero-order valence-corrected chi connectivity index (χ0v) is 5.78. The highest BCUT2D eigenvalue weighted by Gasteiger charge is 2.30. The maximum atomic E-state index is 11.6. The van der Waals surface area contributed by atoms with E-state index in [1.165, 1.54) is 0 Å². The largest absolute Gasteiger partial charge is 0.412 e. The molecule has 0 aliphatic heterocycles. The number of hydrogen-bond donors (Lipinski definition) is 0. The predicted molar refractivity (Wildman–Crippen MR) is 29.1 cm³/mol. The van der Waals surface area contributed by atoms with Crippen LogP contribution in [0.25, 0.3) is 0 Å². The molecule has 62 valence electrons. The first-order chi connectivity index (χ1) is 4.97. The fraction of sp³-hybridized carbons (Fsp3) is 0.500. The summed E-state index contributed by atoms with van der Waals surface area (Å²) in [5, 5.41) is 5.70. The van der Waals surface area contributed by atoms with Crippen LogP contribution in [0.5, 0.6) is 0 Å². The van der Waals surface area contributed by atoms with Crippen LogP contribution in [0, 0.1) is 0 Å². The molecule has 0 radical (unpaired) electrons. The van der Waals surface area contributed by atoms with Gasteiger partial charge in [-0.15, -0.1) is 5.10 Å². The van der Waals surface area contributed by atoms with Crippen LogP contribution in [-0.4, -0.2) is 16.4 Å². The molecule has 0 N–H and O–H groups in total. The average molecular weight is 187 g/mol. The average Bonchev–Trinajstić information content (AvgIpc) is 2.10. The lowest BCUT2D eigenvalue weighted by molar-refractivity contribution is -0.130. The van der Waals surface area contributed by atoms with Gasteiger partial charge in [0.15, 0.2) is 0 Å². The molecule has 0 amide bonds. The van der Waals surface area contributed by atoms with E-state index in [9.17, 15) is 13.2 Å². The summed E-state index contributed by atoms with van der Waals surface area (Å²) < 4.78 is 39.0. The van der Waals surface area contributed by atoms with Gasteiger partial charge in [0, 0.05) is 0 Å². The molecule has 0 saturated carbocycles. The highest BCUT2D eigenvalue weighted by atomic mass is 35.5. The molecule has 7 heteroatoms. The summed E-state index contributed by atoms with van der Waals surface area (Å²) in [5.74, 6) is -0.525. The Hall–Kier alpha value is -0.780. The number of alkyl halides is 3. The molecule has 0 aliphatic rings. The second kappa shape index (κ2) is 2.69. The molecule has 0 saturated heterocycles. The van der Waals surface area contributed by atoms with E-state index in [2.05, 4.69) is 14.6 Å². The van der Waals surface area contributed by atoms with Crippen LogP contribution in [-0.2, 0) is 6.42 Å². The second-order valence-electron chi connectivity index (χ2n) is 1.74. The number of halogens is 4. The number of hydrogen-bond acceptors (Lipinski definition) is 3. The zero-order valence-electron chi connectivity index (χ0n) is 5.02. The summed E-state index contributed by atoms with van der Waals surface area (Å²) in [6, 6.07) is 0. The van der Waals surface area contributed by atoms with E-state index in [4.69, 9.17) is 11.6 Å². The molecule has 0 aromatic carbocycles. The maximum Gasteiger partial charge on any atom is 0.397 e. The van der Waals surface area contributed by atoms with Gasteiger partial charge in [-0.1, -0.05) is 5.10 Å². The molecule has 1 rings (SSSR count). The first-order valence-electron chi connectivity index (χ1n) is 2.52. The van der Waals surface area contributed by atoms with E-state index in [1.807, 2.05) is 0 Å². The van der Waals surface area contributed by atoms with Crippen molar-refractivity contribution in [1.82, 2.24) is 10.2 Å². The summed E-state index contributed by atoms with van der Waals surface area (Å²) in [4.78, 5) is 0. The normalized spacial score (nSPS) is 12.0. The summed E-state index contributed by atoms with van der Waals surface area (Å²) in [6.07, 6.45) is -5.58. The fourth-order valence-corrected chi connectivity index (χ4v) is 0.603. The van der Waals surface area contributed by atoms with E-state index in [0.717, 1.165) is 0 Å². The van der Waals surface area contributed by atoms with Crippen molar-refractivity contribution >= 4 is 11.6 Å². The minimum Gasteiger partial charge on any atom is -0.412 e. The molecule has 0 atom stereocenters. The molecule has 0 fully saturated rings. The number of rotatable bonds is 1. The van der Waals surface area contributed by atoms with Crippen LogP contribution in [0.2, 0.25) is 5.35 Å². The van der Waals surface area contributed by atoms with Crippen LogP contribution < -0.4 is 0 Å². The topological polar surface area (TPSA) is 38.9 Å². The number of aromatic nitrogens is 2. The molecular weight excluding hydrogens is 185 g/mol. The Morgan fingerprint density at radius 3 is 2.36 bits per heavy atom. The summed E-state index contributed by atoms with van der Waals surface area (Å²) in [7, 11) is 0. The first-order valence-corrected chi connectivity index (χ1v) is 2.90. The lowest BCUT2D eigenvalue weighted by Crippen LogP contribution is -2.11. The molecule has 0 bridgehead atoms. The van der Waals surface area contributed by atoms with E-state index >= 15 is 0 Å². The Morgan fingerprint density at radius 1 is 1.36 bits per heavy atom. The molecule has 1 aromatic heterocycles. The third kappa shape index (κ3) is 2.75. The van der Waals surface area contributed by atoms with Crippen LogP contribution in [0.3, 0.4) is 0 Å². The molecule has 3 nitrogen and oxygen atoms in total. The molecule has 1 heterocycles. The van der Waals surface area contributed by atoms with Gasteiger partial charge in [0.1, 0.15) is 6.42 Å². The quantitative estimate of drug-likeness (QED) is 0.672. The maximum absolute atomic E-state index is 11.6. The Kier molecular flexibility index (Phi) is 2.03. The zero-order chi connectivity index (χ0) is 8.48. The first kappa shape index (κ1) is 8.32. The Balaban J connectivity index is 2.65. The van der Waals surface area contributed by atoms with Crippen molar-refractivity contribution in [1.29, 1.82) is 0 Å². The van der Waals surface area contributed by atoms with E-state index < -0.39 is 18.5 Å². The smallest absolute Gasteiger partial charge is 0.397 e. The minimum atomic E-state index is -4.34. The third-order valence-corrected chi connectivity index (χ3v) is 0.947. The van der Waals surface area contributed by atoms with E-state index in [1.54, 1.807) is 0 Å². The summed E-state index contributed by atoms with van der Waals surface area (Å²) >= 11 is 5.08. The SMILES string of the molecule is FC(F)(F)Cc1nnc(Cl)o1. The second-order valence-corrected chi connectivity index (χ2v) is 2.06. The van der Waals surface area contributed by atoms with Crippen molar-refractivity contribution in [2.24, 2.45) is 0 Å². The lowest BCUT2D eigenvalue weighted by atomic mass is 10.4. The van der Waals surface area contributed by atoms with Gasteiger partial charge in [0.25, 0.3) is 0 Å². The Morgan fingerprint density at radius 2 is 2.00 bits per heavy atom. The van der Waals surface area contributed by atoms with Crippen molar-refractivity contribution in [3.05, 3.63) is 11.2 Å². The van der Waals surface area contributed by atoms with E-state index in [0.29, 0.717) is 0 Å². The molecule has 0 spiro atoms. The van der Waals surface area contributed by atoms with Crippen LogP contribution in [0.15, 0.2) is 4.42 Å². The summed E-state index contributed by atoms with van der Waals surface area (Å²) in [5.41, 5.74) is 0. The van der Waals surface area contributed by atoms with Gasteiger partial charge < -0.3 is 4.42 Å². The van der Waals surface area contributed by atoms with Gasteiger partial charge in [-0.3, -0.25) is 0 Å². The highest BCUT2D eigenvalue weighted by Crippen LogP contribution is 2.20. The van der Waals surface area contributed by atoms with Gasteiger partial charge in [-0.25, -0.2) is 0 Å². The van der Waals surface area contributed by atoms with Crippen LogP contribution in [0.4, 0.5) is 13.2 Å². The van der Waals surface area contributed by atoms with Crippen molar-refractivity contribution in [3.63, 3.8) is 0 Å². The van der Waals surface area contributed by atoms with Gasteiger partial charge in [0.2, 0.25) is 5.89 Å².